The Morgan fingerprint density at radius 2 is 2.04 bits per heavy atom. The van der Waals surface area contributed by atoms with Crippen molar-refractivity contribution in [2.45, 2.75) is 26.3 Å². The normalized spacial score (nSPS) is 15.3. The Hall–Kier alpha value is -3.20. The van der Waals surface area contributed by atoms with Gasteiger partial charge in [0.15, 0.2) is 0 Å². The van der Waals surface area contributed by atoms with Crippen LogP contribution >= 0.6 is 0 Å². The summed E-state index contributed by atoms with van der Waals surface area (Å²) in [6, 6.07) is 13.5. The lowest BCUT2D eigenvalue weighted by molar-refractivity contribution is -0.117. The zero-order valence-electron chi connectivity index (χ0n) is 15.4. The van der Waals surface area contributed by atoms with Crippen molar-refractivity contribution >= 4 is 17.3 Å². The van der Waals surface area contributed by atoms with Gasteiger partial charge in [0, 0.05) is 30.7 Å². The molecular weight excluding hydrogens is 340 g/mol. The van der Waals surface area contributed by atoms with E-state index in [-0.39, 0.29) is 12.1 Å². The number of nitriles is 1. The molecule has 1 amide bonds. The maximum absolute atomic E-state index is 12.1. The summed E-state index contributed by atoms with van der Waals surface area (Å²) in [4.78, 5) is 14.5. The van der Waals surface area contributed by atoms with Gasteiger partial charge in [0.1, 0.15) is 17.4 Å². The van der Waals surface area contributed by atoms with E-state index < -0.39 is 5.91 Å². The minimum absolute atomic E-state index is 0.00986. The molecule has 2 aromatic rings. The van der Waals surface area contributed by atoms with Crippen LogP contribution < -0.4 is 15.5 Å². The molecule has 27 heavy (non-hydrogen) atoms. The molecule has 0 radical (unpaired) electrons. The van der Waals surface area contributed by atoms with Crippen molar-refractivity contribution in [2.75, 3.05) is 23.3 Å². The maximum atomic E-state index is 12.1. The number of anilines is 2. The predicted octanol–water partition coefficient (Wildman–Crippen LogP) is 3.65. The van der Waals surface area contributed by atoms with Crippen LogP contribution in [0, 0.1) is 17.2 Å². The van der Waals surface area contributed by atoms with Gasteiger partial charge < -0.3 is 20.0 Å². The standard InChI is InChI=1S/C21H24N4O2/c1-16-8-10-25(11-9-16)19-6-4-18(5-7-19)23-14-17(13-22)21(26)24-15-20-3-2-12-27-20/h2-7,12,14,16,23H,8-11,15H2,1H3,(H,24,26)/b17-14+. The van der Waals surface area contributed by atoms with Gasteiger partial charge >= 0.3 is 0 Å². The van der Waals surface area contributed by atoms with Gasteiger partial charge in [-0.3, -0.25) is 4.79 Å². The van der Waals surface area contributed by atoms with Gasteiger partial charge in [-0.05, 0) is 55.2 Å². The Balaban J connectivity index is 1.55. The highest BCUT2D eigenvalue weighted by Gasteiger charge is 2.15. The molecule has 1 aromatic heterocycles. The van der Waals surface area contributed by atoms with E-state index in [1.54, 1.807) is 12.1 Å². The number of rotatable bonds is 6. The second-order valence-electron chi connectivity index (χ2n) is 6.79. The summed E-state index contributed by atoms with van der Waals surface area (Å²) in [6.45, 7) is 4.72. The minimum Gasteiger partial charge on any atom is -0.467 e. The van der Waals surface area contributed by atoms with Crippen LogP contribution in [0.5, 0.6) is 0 Å². The lowest BCUT2D eigenvalue weighted by Crippen LogP contribution is -2.32. The second kappa shape index (κ2) is 8.95. The first kappa shape index (κ1) is 18.6. The molecule has 0 spiro atoms. The van der Waals surface area contributed by atoms with Crippen LogP contribution in [-0.2, 0) is 11.3 Å². The SMILES string of the molecule is CC1CCN(c2ccc(N/C=C(\C#N)C(=O)NCc3ccco3)cc2)CC1. The number of nitrogens with zero attached hydrogens (tertiary/aromatic N) is 2. The average Bonchev–Trinajstić information content (AvgIpc) is 3.22. The molecule has 1 fully saturated rings. The fraction of sp³-hybridized carbons (Fsp3) is 0.333. The smallest absolute Gasteiger partial charge is 0.263 e. The monoisotopic (exact) mass is 364 g/mol. The summed E-state index contributed by atoms with van der Waals surface area (Å²) < 4.78 is 5.16. The first-order chi connectivity index (χ1) is 13.2. The van der Waals surface area contributed by atoms with Crippen LogP contribution in [0.25, 0.3) is 0 Å². The largest absolute Gasteiger partial charge is 0.467 e. The summed E-state index contributed by atoms with van der Waals surface area (Å²) in [5.41, 5.74) is 2.04. The van der Waals surface area contributed by atoms with Crippen LogP contribution in [0.3, 0.4) is 0 Å². The van der Waals surface area contributed by atoms with E-state index in [9.17, 15) is 10.1 Å². The Labute approximate surface area is 159 Å². The number of nitrogens with one attached hydrogen (secondary N) is 2. The van der Waals surface area contributed by atoms with E-state index in [1.807, 2.05) is 18.2 Å². The molecular formula is C21H24N4O2. The summed E-state index contributed by atoms with van der Waals surface area (Å²) in [5.74, 6) is 0.993. The van der Waals surface area contributed by atoms with Crippen molar-refractivity contribution in [2.24, 2.45) is 5.92 Å². The minimum atomic E-state index is -0.444. The van der Waals surface area contributed by atoms with Gasteiger partial charge in [-0.1, -0.05) is 6.92 Å². The molecule has 2 heterocycles. The molecule has 1 aromatic carbocycles. The van der Waals surface area contributed by atoms with Crippen LogP contribution in [0.4, 0.5) is 11.4 Å². The van der Waals surface area contributed by atoms with Crippen molar-refractivity contribution in [3.8, 4) is 6.07 Å². The molecule has 0 saturated carbocycles. The molecule has 2 N–H and O–H groups in total. The van der Waals surface area contributed by atoms with Crippen molar-refractivity contribution in [3.05, 3.63) is 60.2 Å². The van der Waals surface area contributed by atoms with Crippen molar-refractivity contribution in [3.63, 3.8) is 0 Å². The highest BCUT2D eigenvalue weighted by Crippen LogP contribution is 2.24. The Kier molecular flexibility index (Phi) is 6.16. The Morgan fingerprint density at radius 1 is 1.30 bits per heavy atom. The van der Waals surface area contributed by atoms with Crippen molar-refractivity contribution in [1.82, 2.24) is 5.32 Å². The number of piperidine rings is 1. The van der Waals surface area contributed by atoms with E-state index in [0.29, 0.717) is 5.76 Å². The Morgan fingerprint density at radius 3 is 2.67 bits per heavy atom. The first-order valence-electron chi connectivity index (χ1n) is 9.18. The first-order valence-corrected chi connectivity index (χ1v) is 9.18. The molecule has 0 bridgehead atoms. The fourth-order valence-corrected chi connectivity index (χ4v) is 3.02. The van der Waals surface area contributed by atoms with Gasteiger partial charge in [0.2, 0.25) is 0 Å². The average molecular weight is 364 g/mol. The zero-order chi connectivity index (χ0) is 19.1. The molecule has 0 unspecified atom stereocenters. The number of carbonyl (C=O) groups excluding carboxylic acids is 1. The number of amides is 1. The quantitative estimate of drug-likeness (QED) is 0.604. The van der Waals surface area contributed by atoms with E-state index in [1.165, 1.54) is 31.0 Å². The third-order valence-electron chi connectivity index (χ3n) is 4.77. The van der Waals surface area contributed by atoms with E-state index >= 15 is 0 Å². The van der Waals surface area contributed by atoms with E-state index in [4.69, 9.17) is 4.42 Å². The van der Waals surface area contributed by atoms with Crippen LogP contribution in [0.1, 0.15) is 25.5 Å². The molecule has 6 nitrogen and oxygen atoms in total. The summed E-state index contributed by atoms with van der Waals surface area (Å²) in [6.07, 6.45) is 5.41. The molecule has 6 heteroatoms. The maximum Gasteiger partial charge on any atom is 0.263 e. The molecule has 1 aliphatic rings. The Bertz CT molecular complexity index is 811. The number of furan rings is 1. The number of hydrogen-bond acceptors (Lipinski definition) is 5. The van der Waals surface area contributed by atoms with Crippen LogP contribution in [-0.4, -0.2) is 19.0 Å². The lowest BCUT2D eigenvalue weighted by atomic mass is 9.99. The predicted molar refractivity (Wildman–Crippen MR) is 105 cm³/mol. The number of hydrogen-bond donors (Lipinski definition) is 2. The summed E-state index contributed by atoms with van der Waals surface area (Å²) in [7, 11) is 0. The topological polar surface area (TPSA) is 81.3 Å². The summed E-state index contributed by atoms with van der Waals surface area (Å²) in [5, 5.41) is 14.9. The van der Waals surface area contributed by atoms with Gasteiger partial charge in [-0.2, -0.15) is 5.26 Å². The van der Waals surface area contributed by atoms with Gasteiger partial charge in [0.25, 0.3) is 5.91 Å². The highest BCUT2D eigenvalue weighted by atomic mass is 16.3. The van der Waals surface area contributed by atoms with Crippen molar-refractivity contribution < 1.29 is 9.21 Å². The van der Waals surface area contributed by atoms with E-state index in [2.05, 4.69) is 34.6 Å². The lowest BCUT2D eigenvalue weighted by Gasteiger charge is -2.32. The number of carbonyl (C=O) groups is 1. The molecule has 3 rings (SSSR count). The molecule has 140 valence electrons. The van der Waals surface area contributed by atoms with Crippen LogP contribution in [0.2, 0.25) is 0 Å². The third kappa shape index (κ3) is 5.14. The second-order valence-corrected chi connectivity index (χ2v) is 6.79. The fourth-order valence-electron chi connectivity index (χ4n) is 3.02. The van der Waals surface area contributed by atoms with Gasteiger partial charge in [0.05, 0.1) is 12.8 Å². The van der Waals surface area contributed by atoms with E-state index in [0.717, 1.165) is 24.7 Å². The molecule has 1 saturated heterocycles. The zero-order valence-corrected chi connectivity index (χ0v) is 15.4. The third-order valence-corrected chi connectivity index (χ3v) is 4.77. The van der Waals surface area contributed by atoms with Gasteiger partial charge in [-0.15, -0.1) is 0 Å². The van der Waals surface area contributed by atoms with Crippen molar-refractivity contribution in [1.29, 1.82) is 5.26 Å². The molecule has 0 aliphatic carbocycles. The van der Waals surface area contributed by atoms with Crippen LogP contribution in [0.15, 0.2) is 58.9 Å². The number of benzene rings is 1. The highest BCUT2D eigenvalue weighted by molar-refractivity contribution is 5.97. The summed E-state index contributed by atoms with van der Waals surface area (Å²) >= 11 is 0. The molecule has 0 atom stereocenters. The van der Waals surface area contributed by atoms with Gasteiger partial charge in [-0.25, -0.2) is 0 Å². The molecule has 1 aliphatic heterocycles.